The van der Waals surface area contributed by atoms with Crippen LogP contribution in [0.4, 0.5) is 5.69 Å². The summed E-state index contributed by atoms with van der Waals surface area (Å²) in [5, 5.41) is -0.714. The molecule has 0 unspecified atom stereocenters. The molecule has 1 aliphatic heterocycles. The van der Waals surface area contributed by atoms with Crippen molar-refractivity contribution in [3.8, 4) is 0 Å². The van der Waals surface area contributed by atoms with Crippen molar-refractivity contribution in [2.75, 3.05) is 10.8 Å². The number of carbonyl (C=O) groups excluding carboxylic acids is 1. The molecule has 0 atom stereocenters. The van der Waals surface area contributed by atoms with Gasteiger partial charge < -0.3 is 0 Å². The van der Waals surface area contributed by atoms with Crippen LogP contribution in [0.1, 0.15) is 19.4 Å². The zero-order valence-electron chi connectivity index (χ0n) is 9.88. The molecular weight excluding hydrogens is 238 g/mol. The first kappa shape index (κ1) is 12.1. The van der Waals surface area contributed by atoms with Gasteiger partial charge in [0.15, 0.2) is 0 Å². The highest BCUT2D eigenvalue weighted by Gasteiger charge is 2.35. The second kappa shape index (κ2) is 4.14. The number of hydrogen-bond donors (Lipinski definition) is 0. The van der Waals surface area contributed by atoms with Gasteiger partial charge in [0.05, 0.1) is 5.69 Å². The van der Waals surface area contributed by atoms with E-state index >= 15 is 0 Å². The van der Waals surface area contributed by atoms with Crippen molar-refractivity contribution >= 4 is 20.8 Å². The summed E-state index contributed by atoms with van der Waals surface area (Å²) in [5.41, 5.74) is 1.62. The van der Waals surface area contributed by atoms with E-state index in [4.69, 9.17) is 0 Å². The second-order valence-electron chi connectivity index (χ2n) is 4.43. The largest absolute Gasteiger partial charge is 0.298 e. The van der Waals surface area contributed by atoms with Crippen molar-refractivity contribution in [3.05, 3.63) is 29.8 Å². The van der Waals surface area contributed by atoms with Crippen LogP contribution in [0, 0.1) is 5.92 Å². The van der Waals surface area contributed by atoms with E-state index in [0.717, 1.165) is 5.56 Å². The Balaban J connectivity index is 2.42. The molecule has 1 heterocycles. The molecule has 1 aromatic rings. The number of para-hydroxylation sites is 1. The molecule has 0 aromatic heterocycles. The Morgan fingerprint density at radius 3 is 2.59 bits per heavy atom. The maximum Gasteiger partial charge on any atom is 0.298 e. The van der Waals surface area contributed by atoms with Crippen LogP contribution in [-0.4, -0.2) is 20.1 Å². The number of anilines is 1. The lowest BCUT2D eigenvalue weighted by atomic mass is 10.2. The molecule has 17 heavy (non-hydrogen) atoms. The molecular formula is C12H15NO3S. The molecule has 0 N–H and O–H groups in total. The smallest absolute Gasteiger partial charge is 0.279 e. The summed E-state index contributed by atoms with van der Waals surface area (Å²) in [6.45, 7) is 3.56. The minimum atomic E-state index is -3.86. The van der Waals surface area contributed by atoms with Crippen LogP contribution in [0.15, 0.2) is 24.3 Å². The van der Waals surface area contributed by atoms with E-state index in [1.807, 2.05) is 12.1 Å². The zero-order valence-corrected chi connectivity index (χ0v) is 10.7. The van der Waals surface area contributed by atoms with Crippen LogP contribution in [-0.2, 0) is 21.2 Å². The highest BCUT2D eigenvalue weighted by Crippen LogP contribution is 2.30. The highest BCUT2D eigenvalue weighted by molar-refractivity contribution is 8.07. The standard InChI is InChI=1S/C12H15NO3S/c1-9(2)12(14)17(15,16)13-8-7-10-5-3-4-6-11(10)13/h3-6,9H,7-8H2,1-2H3. The molecule has 0 radical (unpaired) electrons. The average Bonchev–Trinajstić information content (AvgIpc) is 2.72. The average molecular weight is 253 g/mol. The molecule has 0 saturated heterocycles. The third-order valence-electron chi connectivity index (χ3n) is 2.86. The van der Waals surface area contributed by atoms with Gasteiger partial charge in [-0.25, -0.2) is 0 Å². The maximum absolute atomic E-state index is 12.1. The third-order valence-corrected chi connectivity index (χ3v) is 4.80. The van der Waals surface area contributed by atoms with Gasteiger partial charge in [-0.1, -0.05) is 32.0 Å². The van der Waals surface area contributed by atoms with Crippen molar-refractivity contribution < 1.29 is 13.2 Å². The molecule has 0 amide bonds. The number of fused-ring (bicyclic) bond motifs is 1. The molecule has 4 nitrogen and oxygen atoms in total. The molecule has 2 rings (SSSR count). The Morgan fingerprint density at radius 2 is 1.94 bits per heavy atom. The quantitative estimate of drug-likeness (QED) is 0.803. The van der Waals surface area contributed by atoms with Crippen molar-refractivity contribution in [1.82, 2.24) is 0 Å². The summed E-state index contributed by atoms with van der Waals surface area (Å²) < 4.78 is 25.5. The summed E-state index contributed by atoms with van der Waals surface area (Å²) in [6.07, 6.45) is 0.667. The van der Waals surface area contributed by atoms with Gasteiger partial charge in [0.2, 0.25) is 0 Å². The number of rotatable bonds is 2. The fourth-order valence-electron chi connectivity index (χ4n) is 1.96. The van der Waals surface area contributed by atoms with E-state index < -0.39 is 21.1 Å². The first-order valence-electron chi connectivity index (χ1n) is 5.59. The first-order valence-corrected chi connectivity index (χ1v) is 7.03. The summed E-state index contributed by atoms with van der Waals surface area (Å²) in [4.78, 5) is 11.7. The number of benzene rings is 1. The van der Waals surface area contributed by atoms with Crippen molar-refractivity contribution in [1.29, 1.82) is 0 Å². The Kier molecular flexibility index (Phi) is 2.95. The fourth-order valence-corrected chi connectivity index (χ4v) is 3.55. The molecule has 5 heteroatoms. The van der Waals surface area contributed by atoms with Crippen molar-refractivity contribution in [2.45, 2.75) is 20.3 Å². The zero-order chi connectivity index (χ0) is 12.6. The van der Waals surface area contributed by atoms with Gasteiger partial charge in [-0.2, -0.15) is 8.42 Å². The Morgan fingerprint density at radius 1 is 1.29 bits per heavy atom. The van der Waals surface area contributed by atoms with E-state index in [2.05, 4.69) is 0 Å². The molecule has 1 aromatic carbocycles. The van der Waals surface area contributed by atoms with Gasteiger partial charge in [-0.15, -0.1) is 0 Å². The number of carbonyl (C=O) groups is 1. The lowest BCUT2D eigenvalue weighted by Crippen LogP contribution is -2.37. The van der Waals surface area contributed by atoms with Crippen LogP contribution < -0.4 is 4.31 Å². The predicted molar refractivity (Wildman–Crippen MR) is 66.3 cm³/mol. The van der Waals surface area contributed by atoms with E-state index in [1.54, 1.807) is 26.0 Å². The molecule has 0 bridgehead atoms. The Bertz CT molecular complexity index is 549. The van der Waals surface area contributed by atoms with Crippen LogP contribution in [0.2, 0.25) is 0 Å². The van der Waals surface area contributed by atoms with Crippen LogP contribution in [0.25, 0.3) is 0 Å². The van der Waals surface area contributed by atoms with Crippen molar-refractivity contribution in [3.63, 3.8) is 0 Å². The second-order valence-corrected chi connectivity index (χ2v) is 6.22. The third kappa shape index (κ3) is 1.95. The summed E-state index contributed by atoms with van der Waals surface area (Å²) >= 11 is 0. The topological polar surface area (TPSA) is 54.5 Å². The minimum absolute atomic E-state index is 0.361. The van der Waals surface area contributed by atoms with Crippen molar-refractivity contribution in [2.24, 2.45) is 5.92 Å². The van der Waals surface area contributed by atoms with E-state index in [9.17, 15) is 13.2 Å². The molecule has 0 fully saturated rings. The van der Waals surface area contributed by atoms with Gasteiger partial charge in [0.1, 0.15) is 0 Å². The van der Waals surface area contributed by atoms with Crippen LogP contribution >= 0.6 is 0 Å². The number of hydrogen-bond acceptors (Lipinski definition) is 3. The van der Waals surface area contributed by atoms with E-state index in [-0.39, 0.29) is 0 Å². The monoisotopic (exact) mass is 253 g/mol. The molecule has 92 valence electrons. The molecule has 0 spiro atoms. The Hall–Kier alpha value is -1.36. The molecule has 0 saturated carbocycles. The van der Waals surface area contributed by atoms with Crippen LogP contribution in [0.3, 0.4) is 0 Å². The summed E-state index contributed by atoms with van der Waals surface area (Å²) in [5.74, 6) is -0.507. The van der Waals surface area contributed by atoms with E-state index in [0.29, 0.717) is 18.7 Å². The van der Waals surface area contributed by atoms with E-state index in [1.165, 1.54) is 4.31 Å². The predicted octanol–water partition coefficient (Wildman–Crippen LogP) is 1.56. The van der Waals surface area contributed by atoms with Gasteiger partial charge in [-0.05, 0) is 18.1 Å². The number of sulfonamides is 1. The lowest BCUT2D eigenvalue weighted by Gasteiger charge is -2.19. The van der Waals surface area contributed by atoms with Gasteiger partial charge in [-0.3, -0.25) is 9.10 Å². The summed E-state index contributed by atoms with van der Waals surface area (Å²) in [7, 11) is -3.86. The molecule has 1 aliphatic rings. The fraction of sp³-hybridized carbons (Fsp3) is 0.417. The van der Waals surface area contributed by atoms with Gasteiger partial charge in [0, 0.05) is 12.5 Å². The first-order chi connectivity index (χ1) is 7.94. The lowest BCUT2D eigenvalue weighted by molar-refractivity contribution is -0.114. The highest BCUT2D eigenvalue weighted by atomic mass is 32.2. The minimum Gasteiger partial charge on any atom is -0.279 e. The normalized spacial score (nSPS) is 15.1. The van der Waals surface area contributed by atoms with Crippen LogP contribution in [0.5, 0.6) is 0 Å². The maximum atomic E-state index is 12.1. The molecule has 0 aliphatic carbocycles. The SMILES string of the molecule is CC(C)C(=O)S(=O)(=O)N1CCc2ccccc21. The van der Waals surface area contributed by atoms with Gasteiger partial charge >= 0.3 is 0 Å². The Labute approximate surface area is 101 Å². The van der Waals surface area contributed by atoms with Gasteiger partial charge in [0.25, 0.3) is 15.1 Å². The number of nitrogens with zero attached hydrogens (tertiary/aromatic N) is 1. The summed E-state index contributed by atoms with van der Waals surface area (Å²) in [6, 6.07) is 7.30.